The van der Waals surface area contributed by atoms with E-state index in [1.54, 1.807) is 17.0 Å². The van der Waals surface area contributed by atoms with Gasteiger partial charge in [-0.05, 0) is 31.0 Å². The molecule has 1 fully saturated rings. The summed E-state index contributed by atoms with van der Waals surface area (Å²) in [6.07, 6.45) is 2.20. The molecule has 86 valence electrons. The van der Waals surface area contributed by atoms with Crippen LogP contribution in [0.1, 0.15) is 12.8 Å². The maximum absolute atomic E-state index is 12.9. The molecular weight excluding hydrogens is 207 g/mol. The number of carbonyl (C=O) groups is 1. The number of benzene rings is 1. The largest absolute Gasteiger partial charge is 0.376 e. The minimum absolute atomic E-state index is 0.0479. The van der Waals surface area contributed by atoms with Crippen LogP contribution in [0.4, 0.5) is 10.1 Å². The molecule has 0 bridgehead atoms. The normalized spacial score (nSPS) is 14.6. The van der Waals surface area contributed by atoms with Crippen LogP contribution in [0.2, 0.25) is 0 Å². The van der Waals surface area contributed by atoms with Crippen LogP contribution in [0.5, 0.6) is 0 Å². The molecule has 0 heterocycles. The van der Waals surface area contributed by atoms with Gasteiger partial charge in [0.05, 0.1) is 6.54 Å². The number of nitrogens with one attached hydrogen (secondary N) is 1. The maximum Gasteiger partial charge on any atom is 0.241 e. The highest BCUT2D eigenvalue weighted by atomic mass is 19.1. The van der Waals surface area contributed by atoms with E-state index in [4.69, 9.17) is 0 Å². The van der Waals surface area contributed by atoms with Crippen molar-refractivity contribution in [2.75, 3.05) is 18.9 Å². The second kappa shape index (κ2) is 4.51. The first-order valence-corrected chi connectivity index (χ1v) is 5.42. The molecule has 1 aliphatic rings. The third-order valence-electron chi connectivity index (χ3n) is 2.76. The Morgan fingerprint density at radius 1 is 1.56 bits per heavy atom. The Morgan fingerprint density at radius 2 is 2.31 bits per heavy atom. The lowest BCUT2D eigenvalue weighted by Crippen LogP contribution is -2.33. The van der Waals surface area contributed by atoms with Gasteiger partial charge in [0.1, 0.15) is 5.82 Å². The molecule has 1 aromatic carbocycles. The average Bonchev–Trinajstić information content (AvgIpc) is 3.09. The first-order valence-electron chi connectivity index (χ1n) is 5.42. The highest BCUT2D eigenvalue weighted by Gasteiger charge is 2.29. The number of likely N-dealkylation sites (N-methyl/N-ethyl adjacent to an activating group) is 1. The van der Waals surface area contributed by atoms with Gasteiger partial charge in [-0.2, -0.15) is 0 Å². The van der Waals surface area contributed by atoms with Crippen molar-refractivity contribution in [3.63, 3.8) is 0 Å². The second-order valence-corrected chi connectivity index (χ2v) is 4.10. The SMILES string of the molecule is CN(C(=O)CNc1cccc(F)c1)C1CC1. The fraction of sp³-hybridized carbons (Fsp3) is 0.417. The van der Waals surface area contributed by atoms with E-state index >= 15 is 0 Å². The van der Waals surface area contributed by atoms with Crippen molar-refractivity contribution in [2.45, 2.75) is 18.9 Å². The third-order valence-corrected chi connectivity index (χ3v) is 2.76. The number of halogens is 1. The Balaban J connectivity index is 1.84. The predicted octanol–water partition coefficient (Wildman–Crippen LogP) is 1.86. The Morgan fingerprint density at radius 3 is 2.94 bits per heavy atom. The van der Waals surface area contributed by atoms with Crippen LogP contribution in [0.3, 0.4) is 0 Å². The average molecular weight is 222 g/mol. The summed E-state index contributed by atoms with van der Waals surface area (Å²) in [5, 5.41) is 2.92. The van der Waals surface area contributed by atoms with E-state index in [1.807, 2.05) is 7.05 Å². The van der Waals surface area contributed by atoms with Crippen LogP contribution >= 0.6 is 0 Å². The highest BCUT2D eigenvalue weighted by Crippen LogP contribution is 2.25. The van der Waals surface area contributed by atoms with Gasteiger partial charge < -0.3 is 10.2 Å². The molecule has 0 aromatic heterocycles. The Bertz CT molecular complexity index is 390. The van der Waals surface area contributed by atoms with Gasteiger partial charge in [-0.1, -0.05) is 6.07 Å². The molecule has 1 N–H and O–H groups in total. The van der Waals surface area contributed by atoms with Crippen LogP contribution < -0.4 is 5.32 Å². The summed E-state index contributed by atoms with van der Waals surface area (Å²) in [7, 11) is 1.81. The standard InChI is InChI=1S/C12H15FN2O/c1-15(11-5-6-11)12(16)8-14-10-4-2-3-9(13)7-10/h2-4,7,11,14H,5-6,8H2,1H3. The zero-order valence-electron chi connectivity index (χ0n) is 9.24. The van der Waals surface area contributed by atoms with Crippen molar-refractivity contribution in [3.05, 3.63) is 30.1 Å². The molecule has 0 aliphatic heterocycles. The minimum Gasteiger partial charge on any atom is -0.376 e. The first-order chi connectivity index (χ1) is 7.66. The summed E-state index contributed by atoms with van der Waals surface area (Å²) < 4.78 is 12.9. The molecule has 1 saturated carbocycles. The molecule has 2 rings (SSSR count). The number of nitrogens with zero attached hydrogens (tertiary/aromatic N) is 1. The lowest BCUT2D eigenvalue weighted by atomic mass is 10.3. The number of hydrogen-bond donors (Lipinski definition) is 1. The molecule has 0 unspecified atom stereocenters. The minimum atomic E-state index is -0.298. The molecule has 3 nitrogen and oxygen atoms in total. The van der Waals surface area contributed by atoms with E-state index in [9.17, 15) is 9.18 Å². The van der Waals surface area contributed by atoms with E-state index < -0.39 is 0 Å². The molecule has 0 saturated heterocycles. The van der Waals surface area contributed by atoms with E-state index in [0.29, 0.717) is 11.7 Å². The van der Waals surface area contributed by atoms with Gasteiger partial charge >= 0.3 is 0 Å². The van der Waals surface area contributed by atoms with E-state index in [2.05, 4.69) is 5.32 Å². The summed E-state index contributed by atoms with van der Waals surface area (Å²) in [5.74, 6) is -0.250. The third kappa shape index (κ3) is 2.72. The van der Waals surface area contributed by atoms with Gasteiger partial charge in [0.2, 0.25) is 5.91 Å². The Kier molecular flexibility index (Phi) is 3.08. The molecule has 1 aliphatic carbocycles. The summed E-state index contributed by atoms with van der Waals surface area (Å²) in [6.45, 7) is 0.219. The highest BCUT2D eigenvalue weighted by molar-refractivity contribution is 5.81. The van der Waals surface area contributed by atoms with Crippen LogP contribution in [-0.4, -0.2) is 30.4 Å². The summed E-state index contributed by atoms with van der Waals surface area (Å²) >= 11 is 0. The number of rotatable bonds is 4. The smallest absolute Gasteiger partial charge is 0.241 e. The van der Waals surface area contributed by atoms with Crippen molar-refractivity contribution in [1.29, 1.82) is 0 Å². The van der Waals surface area contributed by atoms with Crippen molar-refractivity contribution in [1.82, 2.24) is 4.90 Å². The monoisotopic (exact) mass is 222 g/mol. The maximum atomic E-state index is 12.9. The van der Waals surface area contributed by atoms with Gasteiger partial charge in [-0.3, -0.25) is 4.79 Å². The number of hydrogen-bond acceptors (Lipinski definition) is 2. The van der Waals surface area contributed by atoms with E-state index in [-0.39, 0.29) is 18.3 Å². The van der Waals surface area contributed by atoms with Crippen molar-refractivity contribution in [3.8, 4) is 0 Å². The molecule has 16 heavy (non-hydrogen) atoms. The molecule has 4 heteroatoms. The van der Waals surface area contributed by atoms with Gasteiger partial charge in [0.15, 0.2) is 0 Å². The number of anilines is 1. The lowest BCUT2D eigenvalue weighted by molar-refractivity contribution is -0.128. The van der Waals surface area contributed by atoms with Gasteiger partial charge in [0, 0.05) is 18.8 Å². The Labute approximate surface area is 94.3 Å². The molecule has 0 radical (unpaired) electrons. The van der Waals surface area contributed by atoms with Crippen LogP contribution in [0.25, 0.3) is 0 Å². The second-order valence-electron chi connectivity index (χ2n) is 4.10. The molecule has 0 spiro atoms. The molecule has 1 amide bonds. The summed E-state index contributed by atoms with van der Waals surface area (Å²) in [6, 6.07) is 6.54. The quantitative estimate of drug-likeness (QED) is 0.843. The number of amides is 1. The summed E-state index contributed by atoms with van der Waals surface area (Å²) in [4.78, 5) is 13.4. The number of carbonyl (C=O) groups excluding carboxylic acids is 1. The Hall–Kier alpha value is -1.58. The van der Waals surface area contributed by atoms with E-state index in [1.165, 1.54) is 12.1 Å². The molecule has 0 atom stereocenters. The van der Waals surface area contributed by atoms with Gasteiger partial charge in [-0.15, -0.1) is 0 Å². The van der Waals surface area contributed by atoms with Crippen molar-refractivity contribution in [2.24, 2.45) is 0 Å². The predicted molar refractivity (Wildman–Crippen MR) is 60.7 cm³/mol. The molecule has 1 aromatic rings. The fourth-order valence-corrected chi connectivity index (χ4v) is 1.57. The zero-order valence-corrected chi connectivity index (χ0v) is 9.24. The molecular formula is C12H15FN2O. The fourth-order valence-electron chi connectivity index (χ4n) is 1.57. The summed E-state index contributed by atoms with van der Waals surface area (Å²) in [5.41, 5.74) is 0.637. The van der Waals surface area contributed by atoms with Gasteiger partial charge in [0.25, 0.3) is 0 Å². The van der Waals surface area contributed by atoms with Crippen LogP contribution in [-0.2, 0) is 4.79 Å². The first kappa shape index (κ1) is 10.9. The van der Waals surface area contributed by atoms with Crippen molar-refractivity contribution >= 4 is 11.6 Å². The zero-order chi connectivity index (χ0) is 11.5. The van der Waals surface area contributed by atoms with E-state index in [0.717, 1.165) is 12.8 Å². The van der Waals surface area contributed by atoms with Crippen LogP contribution in [0.15, 0.2) is 24.3 Å². The van der Waals surface area contributed by atoms with Crippen molar-refractivity contribution < 1.29 is 9.18 Å². The van der Waals surface area contributed by atoms with Gasteiger partial charge in [-0.25, -0.2) is 4.39 Å². The van der Waals surface area contributed by atoms with Crippen LogP contribution in [0, 0.1) is 5.82 Å². The lowest BCUT2D eigenvalue weighted by Gasteiger charge is -2.16. The topological polar surface area (TPSA) is 32.3 Å².